The van der Waals surface area contributed by atoms with Gasteiger partial charge in [-0.3, -0.25) is 9.69 Å². The van der Waals surface area contributed by atoms with Crippen LogP contribution in [0.3, 0.4) is 0 Å². The molecular weight excluding hydrogens is 646 g/mol. The molecule has 0 aromatic heterocycles. The fourth-order valence-electron chi connectivity index (χ4n) is 6.59. The van der Waals surface area contributed by atoms with E-state index in [1.165, 1.54) is 0 Å². The number of nitrogens with zero attached hydrogens (tertiary/aromatic N) is 1. The first kappa shape index (κ1) is 38.0. The van der Waals surface area contributed by atoms with E-state index in [2.05, 4.69) is 15.5 Å². The van der Waals surface area contributed by atoms with E-state index in [1.807, 2.05) is 91.0 Å². The van der Waals surface area contributed by atoms with Gasteiger partial charge < -0.3 is 35.1 Å². The molecular formula is C41H53N3O7. The molecule has 2 amide bonds. The summed E-state index contributed by atoms with van der Waals surface area (Å²) in [6.07, 6.45) is 2.60. The average Bonchev–Trinajstić information content (AvgIpc) is 3.42. The summed E-state index contributed by atoms with van der Waals surface area (Å²) in [5.74, 6) is -0.181. The molecule has 5 unspecified atom stereocenters. The molecule has 1 aliphatic carbocycles. The van der Waals surface area contributed by atoms with Crippen molar-refractivity contribution in [2.75, 3.05) is 39.5 Å². The third-order valence-corrected chi connectivity index (χ3v) is 9.23. The van der Waals surface area contributed by atoms with Gasteiger partial charge in [0.05, 0.1) is 37.5 Å². The quantitative estimate of drug-likeness (QED) is 0.173. The third-order valence-electron chi connectivity index (χ3n) is 9.23. The van der Waals surface area contributed by atoms with E-state index < -0.39 is 41.9 Å². The Labute approximate surface area is 301 Å². The molecule has 10 nitrogen and oxygen atoms in total. The molecule has 0 spiro atoms. The van der Waals surface area contributed by atoms with Crippen molar-refractivity contribution in [1.82, 2.24) is 15.5 Å². The Morgan fingerprint density at radius 2 is 1.76 bits per heavy atom. The summed E-state index contributed by atoms with van der Waals surface area (Å²) in [6.45, 7) is 10.1. The number of amides is 2. The second kappa shape index (κ2) is 18.3. The van der Waals surface area contributed by atoms with Crippen molar-refractivity contribution in [2.45, 2.75) is 76.3 Å². The van der Waals surface area contributed by atoms with E-state index in [4.69, 9.17) is 14.2 Å². The van der Waals surface area contributed by atoms with Gasteiger partial charge in [0, 0.05) is 32.0 Å². The summed E-state index contributed by atoms with van der Waals surface area (Å²) in [5, 5.41) is 28.5. The number of fused-ring (bicyclic) bond motifs is 1. The molecule has 2 aliphatic rings. The molecule has 0 saturated carbocycles. The van der Waals surface area contributed by atoms with Gasteiger partial charge in [-0.25, -0.2) is 4.79 Å². The maximum atomic E-state index is 14.0. The molecule has 51 heavy (non-hydrogen) atoms. The Hall–Kier alpha value is -4.22. The van der Waals surface area contributed by atoms with E-state index in [0.717, 1.165) is 60.9 Å². The maximum Gasteiger partial charge on any atom is 0.407 e. The van der Waals surface area contributed by atoms with Crippen molar-refractivity contribution in [3.63, 3.8) is 0 Å². The number of allylic oxidation sites excluding steroid dienone is 1. The Bertz CT molecular complexity index is 1590. The number of alkyl carbamates (subject to hydrolysis) is 1. The van der Waals surface area contributed by atoms with Crippen LogP contribution in [0.5, 0.6) is 5.75 Å². The molecule has 0 bridgehead atoms. The smallest absolute Gasteiger partial charge is 0.407 e. The number of aliphatic hydroxyl groups excluding tert-OH is 2. The van der Waals surface area contributed by atoms with Gasteiger partial charge in [0.15, 0.2) is 0 Å². The van der Waals surface area contributed by atoms with Crippen LogP contribution in [0.2, 0.25) is 0 Å². The number of morpholine rings is 1. The van der Waals surface area contributed by atoms with Crippen LogP contribution < -0.4 is 15.4 Å². The minimum atomic E-state index is -1.08. The number of hydrogen-bond acceptors (Lipinski definition) is 8. The second-order valence-electron chi connectivity index (χ2n) is 14.4. The largest absolute Gasteiger partial charge is 0.492 e. The Kier molecular flexibility index (Phi) is 13.7. The maximum absolute atomic E-state index is 14.0. The van der Waals surface area contributed by atoms with Gasteiger partial charge in [-0.1, -0.05) is 78.9 Å². The van der Waals surface area contributed by atoms with Gasteiger partial charge in [0.25, 0.3) is 0 Å². The SMILES string of the molecule is CC(C)(C)OC(=O)NC(Cc1ccccc1)C(O)CC(C/C=C/c1cccc(OCCN2CCOCC2)c1)C(=O)NC1c2ccccc2CC1O. The first-order valence-corrected chi connectivity index (χ1v) is 18.0. The molecule has 0 radical (unpaired) electrons. The predicted octanol–water partition coefficient (Wildman–Crippen LogP) is 5.08. The summed E-state index contributed by atoms with van der Waals surface area (Å²) in [4.78, 5) is 29.2. The van der Waals surface area contributed by atoms with Gasteiger partial charge in [0.2, 0.25) is 5.91 Å². The summed E-state index contributed by atoms with van der Waals surface area (Å²) in [7, 11) is 0. The lowest BCUT2D eigenvalue weighted by Crippen LogP contribution is -2.48. The third kappa shape index (κ3) is 11.9. The molecule has 5 rings (SSSR count). The van der Waals surface area contributed by atoms with Gasteiger partial charge in [-0.05, 0) is 74.4 Å². The fourth-order valence-corrected chi connectivity index (χ4v) is 6.59. The Morgan fingerprint density at radius 1 is 1.02 bits per heavy atom. The van der Waals surface area contributed by atoms with Crippen LogP contribution >= 0.6 is 0 Å². The molecule has 5 atom stereocenters. The number of rotatable bonds is 15. The zero-order valence-electron chi connectivity index (χ0n) is 30.0. The van der Waals surface area contributed by atoms with Crippen LogP contribution in [-0.2, 0) is 27.1 Å². The highest BCUT2D eigenvalue weighted by Crippen LogP contribution is 2.32. The zero-order chi connectivity index (χ0) is 36.2. The molecule has 4 N–H and O–H groups in total. The molecule has 1 fully saturated rings. The van der Waals surface area contributed by atoms with Crippen LogP contribution in [0.25, 0.3) is 6.08 Å². The summed E-state index contributed by atoms with van der Waals surface area (Å²) in [5.41, 5.74) is 3.03. The van der Waals surface area contributed by atoms with Crippen LogP contribution in [0.1, 0.15) is 61.9 Å². The lowest BCUT2D eigenvalue weighted by Gasteiger charge is -2.29. The lowest BCUT2D eigenvalue weighted by atomic mass is 9.90. The van der Waals surface area contributed by atoms with Gasteiger partial charge in [-0.15, -0.1) is 0 Å². The zero-order valence-corrected chi connectivity index (χ0v) is 30.0. The minimum absolute atomic E-state index is 0.0681. The van der Waals surface area contributed by atoms with E-state index in [-0.39, 0.29) is 12.3 Å². The first-order chi connectivity index (χ1) is 24.5. The van der Waals surface area contributed by atoms with Gasteiger partial charge >= 0.3 is 6.09 Å². The Balaban J connectivity index is 1.30. The standard InChI is InChI=1S/C41H53N3O7/c1-41(2,3)51-40(48)42-35(26-30-11-5-4-6-12-30)36(45)28-32(39(47)43-38-34-18-8-7-15-31(34)27-37(38)46)16-9-13-29-14-10-17-33(25-29)50-24-21-44-19-22-49-23-20-44/h4-15,17-18,25,32,35-38,45-46H,16,19-24,26-28H2,1-3H3,(H,42,48)(H,43,47)/b13-9+. The monoisotopic (exact) mass is 699 g/mol. The van der Waals surface area contributed by atoms with Crippen LogP contribution in [0.4, 0.5) is 4.79 Å². The number of carbonyl (C=O) groups is 2. The number of nitrogens with one attached hydrogen (secondary N) is 2. The molecule has 274 valence electrons. The van der Waals surface area contributed by atoms with E-state index in [1.54, 1.807) is 20.8 Å². The van der Waals surface area contributed by atoms with Crippen LogP contribution in [0.15, 0.2) is 84.9 Å². The van der Waals surface area contributed by atoms with Crippen molar-refractivity contribution in [3.05, 3.63) is 107 Å². The highest BCUT2D eigenvalue weighted by Gasteiger charge is 2.35. The number of benzene rings is 3. The van der Waals surface area contributed by atoms with Gasteiger partial charge in [-0.2, -0.15) is 0 Å². The molecule has 3 aromatic carbocycles. The highest BCUT2D eigenvalue weighted by molar-refractivity contribution is 5.80. The predicted molar refractivity (Wildman–Crippen MR) is 197 cm³/mol. The van der Waals surface area contributed by atoms with Crippen molar-refractivity contribution in [1.29, 1.82) is 0 Å². The lowest BCUT2D eigenvalue weighted by molar-refractivity contribution is -0.127. The number of carbonyl (C=O) groups excluding carboxylic acids is 2. The number of ether oxygens (including phenoxy) is 3. The van der Waals surface area contributed by atoms with Crippen molar-refractivity contribution in [2.24, 2.45) is 5.92 Å². The Morgan fingerprint density at radius 3 is 2.53 bits per heavy atom. The average molecular weight is 700 g/mol. The molecule has 1 aliphatic heterocycles. The van der Waals surface area contributed by atoms with E-state index >= 15 is 0 Å². The van der Waals surface area contributed by atoms with Crippen molar-refractivity contribution in [3.8, 4) is 5.75 Å². The van der Waals surface area contributed by atoms with E-state index in [0.29, 0.717) is 25.9 Å². The summed E-state index contributed by atoms with van der Waals surface area (Å²) in [6, 6.07) is 23.8. The topological polar surface area (TPSA) is 130 Å². The van der Waals surface area contributed by atoms with Crippen molar-refractivity contribution >= 4 is 18.1 Å². The minimum Gasteiger partial charge on any atom is -0.492 e. The highest BCUT2D eigenvalue weighted by atomic mass is 16.6. The second-order valence-corrected chi connectivity index (χ2v) is 14.4. The van der Waals surface area contributed by atoms with E-state index in [9.17, 15) is 19.8 Å². The molecule has 1 saturated heterocycles. The fraction of sp³-hybridized carbons (Fsp3) is 0.463. The first-order valence-electron chi connectivity index (χ1n) is 18.0. The van der Waals surface area contributed by atoms with Crippen molar-refractivity contribution < 1.29 is 34.0 Å². The van der Waals surface area contributed by atoms with Crippen LogP contribution in [-0.4, -0.2) is 90.4 Å². The summed E-state index contributed by atoms with van der Waals surface area (Å²) < 4.78 is 17.0. The van der Waals surface area contributed by atoms with Crippen LogP contribution in [0, 0.1) is 5.92 Å². The number of hydrogen-bond donors (Lipinski definition) is 4. The molecule has 1 heterocycles. The summed E-state index contributed by atoms with van der Waals surface area (Å²) >= 11 is 0. The molecule has 10 heteroatoms. The molecule has 3 aromatic rings. The van der Waals surface area contributed by atoms with Gasteiger partial charge in [0.1, 0.15) is 18.0 Å². The normalized spacial score (nSPS) is 19.5. The number of aliphatic hydroxyl groups is 2.